The molecule has 0 heterocycles. The summed E-state index contributed by atoms with van der Waals surface area (Å²) in [5, 5.41) is 13.9. The van der Waals surface area contributed by atoms with Crippen molar-refractivity contribution in [1.82, 2.24) is 10.6 Å². The molecule has 20 heavy (non-hydrogen) atoms. The van der Waals surface area contributed by atoms with E-state index in [4.69, 9.17) is 5.11 Å². The van der Waals surface area contributed by atoms with Gasteiger partial charge in [-0.25, -0.2) is 9.59 Å². The second kappa shape index (κ2) is 9.17. The molecule has 0 spiro atoms. The SMILES string of the molecule is CCCC(CNC(=O)NC(C(=O)OC)C(C)C)C(=O)O. The normalized spacial score (nSPS) is 13.4. The lowest BCUT2D eigenvalue weighted by atomic mass is 10.0. The van der Waals surface area contributed by atoms with Crippen LogP contribution in [0.3, 0.4) is 0 Å². The van der Waals surface area contributed by atoms with Crippen molar-refractivity contribution in [3.63, 3.8) is 0 Å². The van der Waals surface area contributed by atoms with Crippen molar-refractivity contribution < 1.29 is 24.2 Å². The number of rotatable bonds is 8. The van der Waals surface area contributed by atoms with Crippen molar-refractivity contribution in [1.29, 1.82) is 0 Å². The zero-order valence-electron chi connectivity index (χ0n) is 12.4. The van der Waals surface area contributed by atoms with Crippen molar-refractivity contribution in [3.8, 4) is 0 Å². The number of esters is 1. The Kier molecular flexibility index (Phi) is 8.35. The third-order valence-corrected chi connectivity index (χ3v) is 2.90. The number of amides is 2. The first kappa shape index (κ1) is 18.2. The van der Waals surface area contributed by atoms with Gasteiger partial charge in [-0.05, 0) is 12.3 Å². The van der Waals surface area contributed by atoms with Crippen molar-refractivity contribution in [2.24, 2.45) is 11.8 Å². The minimum Gasteiger partial charge on any atom is -0.481 e. The van der Waals surface area contributed by atoms with E-state index in [1.165, 1.54) is 7.11 Å². The fraction of sp³-hybridized carbons (Fsp3) is 0.769. The van der Waals surface area contributed by atoms with E-state index in [0.717, 1.165) is 6.42 Å². The van der Waals surface area contributed by atoms with E-state index >= 15 is 0 Å². The highest BCUT2D eigenvalue weighted by Crippen LogP contribution is 2.06. The Bertz CT molecular complexity index is 344. The van der Waals surface area contributed by atoms with Crippen molar-refractivity contribution in [3.05, 3.63) is 0 Å². The van der Waals surface area contributed by atoms with Crippen LogP contribution in [0, 0.1) is 11.8 Å². The van der Waals surface area contributed by atoms with Crippen LogP contribution in [0.15, 0.2) is 0 Å². The van der Waals surface area contributed by atoms with Crippen molar-refractivity contribution in [2.45, 2.75) is 39.7 Å². The van der Waals surface area contributed by atoms with Gasteiger partial charge in [0.2, 0.25) is 0 Å². The molecule has 2 amide bonds. The zero-order valence-corrected chi connectivity index (χ0v) is 12.4. The lowest BCUT2D eigenvalue weighted by Crippen LogP contribution is -2.50. The van der Waals surface area contributed by atoms with Gasteiger partial charge >= 0.3 is 18.0 Å². The molecule has 0 aliphatic heterocycles. The molecule has 3 N–H and O–H groups in total. The average Bonchev–Trinajstić information content (AvgIpc) is 2.39. The number of methoxy groups -OCH3 is 1. The van der Waals surface area contributed by atoms with E-state index in [9.17, 15) is 14.4 Å². The van der Waals surface area contributed by atoms with Crippen molar-refractivity contribution >= 4 is 18.0 Å². The molecule has 0 aromatic carbocycles. The first-order valence-corrected chi connectivity index (χ1v) is 6.68. The molecular formula is C13H24N2O5. The summed E-state index contributed by atoms with van der Waals surface area (Å²) in [7, 11) is 1.25. The number of nitrogens with one attached hydrogen (secondary N) is 2. The summed E-state index contributed by atoms with van der Waals surface area (Å²) in [5.41, 5.74) is 0. The highest BCUT2D eigenvalue weighted by atomic mass is 16.5. The summed E-state index contributed by atoms with van der Waals surface area (Å²) in [6, 6.07) is -1.33. The van der Waals surface area contributed by atoms with Crippen LogP contribution in [-0.4, -0.2) is 42.8 Å². The minimum absolute atomic E-state index is 0.0288. The van der Waals surface area contributed by atoms with E-state index in [0.29, 0.717) is 6.42 Å². The third kappa shape index (κ3) is 6.40. The summed E-state index contributed by atoms with van der Waals surface area (Å²) in [5.74, 6) is -2.22. The van der Waals surface area contributed by atoms with Gasteiger partial charge in [-0.2, -0.15) is 0 Å². The smallest absolute Gasteiger partial charge is 0.328 e. The average molecular weight is 288 g/mol. The second-order valence-corrected chi connectivity index (χ2v) is 4.92. The number of carbonyl (C=O) groups is 3. The maximum Gasteiger partial charge on any atom is 0.328 e. The van der Waals surface area contributed by atoms with E-state index in [-0.39, 0.29) is 12.5 Å². The Balaban J connectivity index is 4.39. The van der Waals surface area contributed by atoms with E-state index in [1.54, 1.807) is 13.8 Å². The van der Waals surface area contributed by atoms with E-state index in [2.05, 4.69) is 15.4 Å². The minimum atomic E-state index is -0.944. The number of ether oxygens (including phenoxy) is 1. The molecule has 2 atom stereocenters. The first-order valence-electron chi connectivity index (χ1n) is 6.68. The van der Waals surface area contributed by atoms with E-state index < -0.39 is 29.9 Å². The Morgan fingerprint density at radius 1 is 1.25 bits per heavy atom. The Labute approximate surface area is 119 Å². The van der Waals surface area contributed by atoms with Crippen LogP contribution in [0.4, 0.5) is 4.79 Å². The maximum atomic E-state index is 11.7. The number of carbonyl (C=O) groups excluding carboxylic acids is 2. The lowest BCUT2D eigenvalue weighted by Gasteiger charge is -2.20. The highest BCUT2D eigenvalue weighted by molar-refractivity contribution is 5.84. The zero-order chi connectivity index (χ0) is 15.7. The predicted octanol–water partition coefficient (Wildman–Crippen LogP) is 0.984. The molecule has 7 heteroatoms. The predicted molar refractivity (Wildman–Crippen MR) is 73.2 cm³/mol. The van der Waals surface area contributed by atoms with Gasteiger partial charge in [0, 0.05) is 6.54 Å². The van der Waals surface area contributed by atoms with Crippen LogP contribution in [0.2, 0.25) is 0 Å². The molecule has 0 bridgehead atoms. The largest absolute Gasteiger partial charge is 0.481 e. The molecule has 0 saturated heterocycles. The fourth-order valence-electron chi connectivity index (χ4n) is 1.69. The molecule has 0 aliphatic carbocycles. The van der Waals surface area contributed by atoms with Gasteiger partial charge in [0.15, 0.2) is 0 Å². The highest BCUT2D eigenvalue weighted by Gasteiger charge is 2.25. The lowest BCUT2D eigenvalue weighted by molar-refractivity contribution is -0.144. The molecule has 0 aliphatic rings. The van der Waals surface area contributed by atoms with E-state index in [1.807, 2.05) is 6.92 Å². The van der Waals surface area contributed by atoms with Gasteiger partial charge in [-0.1, -0.05) is 27.2 Å². The van der Waals surface area contributed by atoms with Crippen LogP contribution >= 0.6 is 0 Å². The molecule has 0 radical (unpaired) electrons. The Morgan fingerprint density at radius 2 is 1.85 bits per heavy atom. The maximum absolute atomic E-state index is 11.7. The summed E-state index contributed by atoms with van der Waals surface area (Å²) in [6.07, 6.45) is 1.21. The van der Waals surface area contributed by atoms with Crippen LogP contribution in [0.5, 0.6) is 0 Å². The molecular weight excluding hydrogens is 264 g/mol. The second-order valence-electron chi connectivity index (χ2n) is 4.92. The van der Waals surface area contributed by atoms with Gasteiger partial charge in [0.05, 0.1) is 13.0 Å². The summed E-state index contributed by atoms with van der Waals surface area (Å²) in [4.78, 5) is 34.1. The Morgan fingerprint density at radius 3 is 2.25 bits per heavy atom. The van der Waals surface area contributed by atoms with Crippen LogP contribution < -0.4 is 10.6 Å². The topological polar surface area (TPSA) is 105 Å². The van der Waals surface area contributed by atoms with Gasteiger partial charge < -0.3 is 20.5 Å². The number of hydrogen-bond acceptors (Lipinski definition) is 4. The summed E-state index contributed by atoms with van der Waals surface area (Å²) >= 11 is 0. The quantitative estimate of drug-likeness (QED) is 0.578. The number of hydrogen-bond donors (Lipinski definition) is 3. The first-order chi connectivity index (χ1) is 9.33. The van der Waals surface area contributed by atoms with Crippen molar-refractivity contribution in [2.75, 3.05) is 13.7 Å². The van der Waals surface area contributed by atoms with Crippen LogP contribution in [0.1, 0.15) is 33.6 Å². The van der Waals surface area contributed by atoms with Gasteiger partial charge in [0.25, 0.3) is 0 Å². The standard InChI is InChI=1S/C13H24N2O5/c1-5-6-9(11(16)17)7-14-13(19)15-10(8(2)3)12(18)20-4/h8-10H,5-7H2,1-4H3,(H,16,17)(H2,14,15,19). The van der Waals surface area contributed by atoms with Gasteiger partial charge in [0.1, 0.15) is 6.04 Å². The van der Waals surface area contributed by atoms with Crippen LogP contribution in [0.25, 0.3) is 0 Å². The molecule has 2 unspecified atom stereocenters. The number of aliphatic carboxylic acids is 1. The van der Waals surface area contributed by atoms with Gasteiger partial charge in [-0.3, -0.25) is 4.79 Å². The van der Waals surface area contributed by atoms with Gasteiger partial charge in [-0.15, -0.1) is 0 Å². The fourth-order valence-corrected chi connectivity index (χ4v) is 1.69. The number of carboxylic acid groups (broad SMARTS) is 1. The summed E-state index contributed by atoms with van der Waals surface area (Å²) in [6.45, 7) is 5.46. The molecule has 0 aromatic heterocycles. The number of urea groups is 1. The molecule has 0 saturated carbocycles. The molecule has 0 rings (SSSR count). The molecule has 0 fully saturated rings. The Hall–Kier alpha value is -1.79. The monoisotopic (exact) mass is 288 g/mol. The number of carboxylic acids is 1. The molecule has 0 aromatic rings. The van der Waals surface area contributed by atoms with Crippen LogP contribution in [-0.2, 0) is 14.3 Å². The molecule has 7 nitrogen and oxygen atoms in total. The third-order valence-electron chi connectivity index (χ3n) is 2.90. The molecule has 116 valence electrons. The summed E-state index contributed by atoms with van der Waals surface area (Å²) < 4.78 is 4.60.